The molecule has 0 aliphatic heterocycles. The molecule has 74 valence electrons. The van der Waals surface area contributed by atoms with Gasteiger partial charge in [0.25, 0.3) is 0 Å². The minimum absolute atomic E-state index is 0.214. The Labute approximate surface area is 85.7 Å². The number of hydrogen-bond donors (Lipinski definition) is 2. The van der Waals surface area contributed by atoms with Crippen LogP contribution in [0.3, 0.4) is 0 Å². The van der Waals surface area contributed by atoms with Crippen molar-refractivity contribution in [3.8, 4) is 0 Å². The van der Waals surface area contributed by atoms with Gasteiger partial charge in [0.2, 0.25) is 0 Å². The normalized spacial score (nSPS) is 14.2. The Bertz CT molecular complexity index is 436. The van der Waals surface area contributed by atoms with Crippen molar-refractivity contribution in [2.45, 2.75) is 13.3 Å². The van der Waals surface area contributed by atoms with Gasteiger partial charge in [-0.1, -0.05) is 25.1 Å². The van der Waals surface area contributed by atoms with Crippen molar-refractivity contribution in [1.82, 2.24) is 10.3 Å². The average molecular weight is 189 g/mol. The quantitative estimate of drug-likeness (QED) is 0.759. The zero-order valence-corrected chi connectivity index (χ0v) is 8.38. The molecule has 2 nitrogen and oxygen atoms in total. The molecule has 0 aliphatic carbocycles. The first-order valence-electron chi connectivity index (χ1n) is 5.59. The second-order valence-corrected chi connectivity index (χ2v) is 3.33. The summed E-state index contributed by atoms with van der Waals surface area (Å²) in [6.45, 7) is 2.65. The number of likely N-dealkylation sites (N-methyl/N-ethyl adjacent to an activating group) is 1. The number of fused-ring (bicyclic) bond motifs is 1. The van der Waals surface area contributed by atoms with Crippen molar-refractivity contribution in [3.05, 3.63) is 36.0 Å². The monoisotopic (exact) mass is 189 g/mol. The Hall–Kier alpha value is -1.28. The van der Waals surface area contributed by atoms with Crippen molar-refractivity contribution in [2.75, 3.05) is 13.1 Å². The van der Waals surface area contributed by atoms with Gasteiger partial charge < -0.3 is 10.3 Å². The summed E-state index contributed by atoms with van der Waals surface area (Å²) in [7, 11) is 0. The molecule has 14 heavy (non-hydrogen) atoms. The Balaban J connectivity index is 2.21. The lowest BCUT2D eigenvalue weighted by atomic mass is 10.1. The number of aromatic nitrogens is 1. The molecule has 0 unspecified atom stereocenters. The van der Waals surface area contributed by atoms with Crippen molar-refractivity contribution < 1.29 is 1.37 Å². The van der Waals surface area contributed by atoms with E-state index in [1.807, 2.05) is 25.3 Å². The van der Waals surface area contributed by atoms with Crippen LogP contribution in [0.1, 0.15) is 13.9 Å². The van der Waals surface area contributed by atoms with Crippen molar-refractivity contribution in [3.63, 3.8) is 0 Å². The van der Waals surface area contributed by atoms with Gasteiger partial charge in [-0.25, -0.2) is 0 Å². The molecule has 2 rings (SSSR count). The number of nitrogens with one attached hydrogen (secondary N) is 2. The molecule has 2 aromatic rings. The second kappa shape index (κ2) is 4.29. The van der Waals surface area contributed by atoms with E-state index in [9.17, 15) is 0 Å². The van der Waals surface area contributed by atoms with E-state index in [2.05, 4.69) is 22.4 Å². The fraction of sp³-hybridized carbons (Fsp3) is 0.333. The topological polar surface area (TPSA) is 27.8 Å². The van der Waals surface area contributed by atoms with Crippen LogP contribution in [0.25, 0.3) is 10.9 Å². The minimum Gasteiger partial charge on any atom is -0.361 e. The molecule has 1 aromatic carbocycles. The fourth-order valence-electron chi connectivity index (χ4n) is 1.63. The summed E-state index contributed by atoms with van der Waals surface area (Å²) >= 11 is 0. The van der Waals surface area contributed by atoms with E-state index < -0.39 is 0 Å². The number of para-hydroxylation sites is 1. The molecule has 2 heteroatoms. The van der Waals surface area contributed by atoms with Gasteiger partial charge in [-0.05, 0) is 31.1 Å². The molecule has 1 atom stereocenters. The average Bonchev–Trinajstić information content (AvgIpc) is 2.62. The zero-order valence-electron chi connectivity index (χ0n) is 9.38. The summed E-state index contributed by atoms with van der Waals surface area (Å²) in [5, 5.41) is 4.33. The van der Waals surface area contributed by atoms with E-state index in [0.717, 1.165) is 18.5 Å². The number of rotatable bonds is 4. The predicted octanol–water partition coefficient (Wildman–Crippen LogP) is 2.32. The van der Waals surface area contributed by atoms with Crippen LogP contribution in [0, 0.1) is 0 Å². The number of aromatic amines is 1. The van der Waals surface area contributed by atoms with Crippen LogP contribution < -0.4 is 5.32 Å². The van der Waals surface area contributed by atoms with Crippen LogP contribution in [0.4, 0.5) is 0 Å². The van der Waals surface area contributed by atoms with Crippen LogP contribution in [0.2, 0.25) is 0 Å². The third-order valence-corrected chi connectivity index (χ3v) is 2.35. The van der Waals surface area contributed by atoms with Crippen molar-refractivity contribution in [1.29, 1.82) is 0 Å². The number of benzene rings is 1. The lowest BCUT2D eigenvalue weighted by Gasteiger charge is -1.99. The maximum absolute atomic E-state index is 7.80. The lowest BCUT2D eigenvalue weighted by molar-refractivity contribution is 0.718. The van der Waals surface area contributed by atoms with E-state index >= 15 is 0 Å². The van der Waals surface area contributed by atoms with Gasteiger partial charge in [0.15, 0.2) is 0 Å². The Morgan fingerprint density at radius 3 is 3.14 bits per heavy atom. The van der Waals surface area contributed by atoms with E-state index in [-0.39, 0.29) is 6.52 Å². The summed E-state index contributed by atoms with van der Waals surface area (Å²) in [6.07, 6.45) is 2.75. The summed E-state index contributed by atoms with van der Waals surface area (Å²) in [6, 6.07) is 8.21. The van der Waals surface area contributed by atoms with Crippen LogP contribution in [-0.2, 0) is 6.42 Å². The Kier molecular flexibility index (Phi) is 2.47. The third-order valence-electron chi connectivity index (χ3n) is 2.35. The van der Waals surface area contributed by atoms with Crippen LogP contribution in [0.15, 0.2) is 30.5 Å². The highest BCUT2D eigenvalue weighted by molar-refractivity contribution is 5.83. The lowest BCUT2D eigenvalue weighted by Crippen LogP contribution is -2.15. The number of hydrogen-bond acceptors (Lipinski definition) is 1. The van der Waals surface area contributed by atoms with Crippen LogP contribution in [0.5, 0.6) is 0 Å². The van der Waals surface area contributed by atoms with Crippen molar-refractivity contribution in [2.24, 2.45) is 0 Å². The zero-order chi connectivity index (χ0) is 10.7. The molecule has 0 radical (unpaired) electrons. The number of H-pyrrole nitrogens is 1. The number of aryl methyl sites for hydroxylation is 1. The largest absolute Gasteiger partial charge is 0.361 e. The van der Waals surface area contributed by atoms with Crippen LogP contribution >= 0.6 is 0 Å². The first-order chi connectivity index (χ1) is 7.31. The molecule has 0 spiro atoms. The molecule has 0 amide bonds. The highest BCUT2D eigenvalue weighted by atomic mass is 14.8. The Morgan fingerprint density at radius 1 is 1.43 bits per heavy atom. The van der Waals surface area contributed by atoms with Gasteiger partial charge in [0, 0.05) is 18.5 Å². The molecule has 0 aliphatic rings. The van der Waals surface area contributed by atoms with E-state index in [0.29, 0.717) is 0 Å². The highest BCUT2D eigenvalue weighted by Crippen LogP contribution is 2.17. The molecule has 1 heterocycles. The SMILES string of the molecule is [2H][C@@H](Cc1c[nH]c2ccccc12)NCC. The standard InChI is InChI=1S/C12H16N2/c1-2-13-8-7-10-9-14-12-6-4-3-5-11(10)12/h3-6,9,13-14H,2,7-8H2,1H3/i8D/t8-/m0/s1. The molecule has 0 fully saturated rings. The predicted molar refractivity (Wildman–Crippen MR) is 60.5 cm³/mol. The van der Waals surface area contributed by atoms with E-state index in [1.54, 1.807) is 0 Å². The second-order valence-electron chi connectivity index (χ2n) is 3.33. The first kappa shape index (κ1) is 8.06. The summed E-state index contributed by atoms with van der Waals surface area (Å²) < 4.78 is 7.80. The smallest absolute Gasteiger partial charge is 0.0456 e. The van der Waals surface area contributed by atoms with Crippen molar-refractivity contribution >= 4 is 10.9 Å². The molecular formula is C12H16N2. The van der Waals surface area contributed by atoms with Gasteiger partial charge >= 0.3 is 0 Å². The van der Waals surface area contributed by atoms with Gasteiger partial charge in [0.05, 0.1) is 0 Å². The molecular weight excluding hydrogens is 172 g/mol. The van der Waals surface area contributed by atoms with Gasteiger partial charge in [0.1, 0.15) is 0 Å². The van der Waals surface area contributed by atoms with E-state index in [4.69, 9.17) is 1.37 Å². The first-order valence-corrected chi connectivity index (χ1v) is 5.02. The minimum atomic E-state index is -0.214. The van der Waals surface area contributed by atoms with E-state index in [1.165, 1.54) is 10.9 Å². The Morgan fingerprint density at radius 2 is 2.29 bits per heavy atom. The summed E-state index contributed by atoms with van der Waals surface area (Å²) in [4.78, 5) is 3.22. The van der Waals surface area contributed by atoms with Gasteiger partial charge in [-0.2, -0.15) is 0 Å². The fourth-order valence-corrected chi connectivity index (χ4v) is 1.63. The summed E-state index contributed by atoms with van der Waals surface area (Å²) in [5.41, 5.74) is 2.36. The molecule has 1 aromatic heterocycles. The molecule has 0 bridgehead atoms. The molecule has 0 saturated carbocycles. The maximum Gasteiger partial charge on any atom is 0.0456 e. The highest BCUT2D eigenvalue weighted by Gasteiger charge is 2.00. The summed E-state index contributed by atoms with van der Waals surface area (Å²) in [5.74, 6) is 0. The molecule has 2 N–H and O–H groups in total. The maximum atomic E-state index is 7.80. The van der Waals surface area contributed by atoms with Crippen LogP contribution in [-0.4, -0.2) is 18.0 Å². The van der Waals surface area contributed by atoms with Gasteiger partial charge in [-0.3, -0.25) is 0 Å². The molecule has 0 saturated heterocycles. The van der Waals surface area contributed by atoms with Gasteiger partial charge in [-0.15, -0.1) is 0 Å². The third kappa shape index (κ3) is 1.80.